The van der Waals surface area contributed by atoms with Crippen molar-refractivity contribution in [2.24, 2.45) is 0 Å². The van der Waals surface area contributed by atoms with Gasteiger partial charge in [0.25, 0.3) is 0 Å². The largest absolute Gasteiger partial charge is 0.313 e. The zero-order chi connectivity index (χ0) is 10.7. The van der Waals surface area contributed by atoms with E-state index < -0.39 is 0 Å². The minimum Gasteiger partial charge on any atom is -0.313 e. The van der Waals surface area contributed by atoms with Crippen LogP contribution < -0.4 is 5.32 Å². The Bertz CT molecular complexity index is 315. The van der Waals surface area contributed by atoms with E-state index in [1.54, 1.807) is 0 Å². The zero-order valence-electron chi connectivity index (χ0n) is 8.74. The van der Waals surface area contributed by atoms with E-state index in [0.29, 0.717) is 5.37 Å². The number of rotatable bonds is 2. The van der Waals surface area contributed by atoms with Gasteiger partial charge in [-0.15, -0.1) is 11.8 Å². The first-order valence-electron chi connectivity index (χ1n) is 5.09. The fourth-order valence-electron chi connectivity index (χ4n) is 1.58. The number of likely N-dealkylation sites (N-methyl/N-ethyl adjacent to an activating group) is 1. The Morgan fingerprint density at radius 1 is 1.40 bits per heavy atom. The van der Waals surface area contributed by atoms with Gasteiger partial charge in [-0.2, -0.15) is 0 Å². The van der Waals surface area contributed by atoms with E-state index in [2.05, 4.69) is 29.4 Å². The van der Waals surface area contributed by atoms with Crippen molar-refractivity contribution in [1.82, 2.24) is 10.2 Å². The van der Waals surface area contributed by atoms with Gasteiger partial charge in [-0.25, -0.2) is 0 Å². The SMILES string of the molecule is CN1CCNCC1Sc1ccc(Cl)cc1. The highest BCUT2D eigenvalue weighted by atomic mass is 35.5. The molecule has 1 aromatic rings. The molecular formula is C11H15ClN2S. The molecule has 82 valence electrons. The Kier molecular flexibility index (Phi) is 3.92. The normalized spacial score (nSPS) is 22.9. The van der Waals surface area contributed by atoms with E-state index in [1.165, 1.54) is 4.90 Å². The van der Waals surface area contributed by atoms with Gasteiger partial charge in [-0.1, -0.05) is 11.6 Å². The van der Waals surface area contributed by atoms with Gasteiger partial charge >= 0.3 is 0 Å². The summed E-state index contributed by atoms with van der Waals surface area (Å²) in [6.07, 6.45) is 0. The highest BCUT2D eigenvalue weighted by Crippen LogP contribution is 2.26. The first-order valence-corrected chi connectivity index (χ1v) is 6.34. The summed E-state index contributed by atoms with van der Waals surface area (Å²) in [5.41, 5.74) is 0. The number of nitrogens with one attached hydrogen (secondary N) is 1. The molecule has 0 radical (unpaired) electrons. The van der Waals surface area contributed by atoms with Gasteiger partial charge in [0, 0.05) is 29.6 Å². The average Bonchev–Trinajstić information content (AvgIpc) is 2.25. The van der Waals surface area contributed by atoms with Crippen molar-refractivity contribution in [2.45, 2.75) is 10.3 Å². The summed E-state index contributed by atoms with van der Waals surface area (Å²) >= 11 is 7.74. The predicted molar refractivity (Wildman–Crippen MR) is 66.6 cm³/mol. The molecule has 1 aromatic carbocycles. The molecule has 0 aliphatic carbocycles. The molecule has 0 spiro atoms. The number of benzene rings is 1. The van der Waals surface area contributed by atoms with Crippen LogP contribution in [0.3, 0.4) is 0 Å². The summed E-state index contributed by atoms with van der Waals surface area (Å²) in [5.74, 6) is 0. The molecule has 2 rings (SSSR count). The van der Waals surface area contributed by atoms with Crippen LogP contribution in [0.25, 0.3) is 0 Å². The maximum Gasteiger partial charge on any atom is 0.0728 e. The van der Waals surface area contributed by atoms with Crippen molar-refractivity contribution in [3.05, 3.63) is 29.3 Å². The number of nitrogens with zero attached hydrogens (tertiary/aromatic N) is 1. The summed E-state index contributed by atoms with van der Waals surface area (Å²) in [7, 11) is 2.18. The van der Waals surface area contributed by atoms with Crippen molar-refractivity contribution in [2.75, 3.05) is 26.7 Å². The van der Waals surface area contributed by atoms with Crippen LogP contribution in [0, 0.1) is 0 Å². The first-order chi connectivity index (χ1) is 7.25. The molecule has 1 N–H and O–H groups in total. The van der Waals surface area contributed by atoms with E-state index in [4.69, 9.17) is 11.6 Å². The van der Waals surface area contributed by atoms with Crippen molar-refractivity contribution in [3.8, 4) is 0 Å². The molecular weight excluding hydrogens is 228 g/mol. The summed E-state index contributed by atoms with van der Waals surface area (Å²) in [6.45, 7) is 3.25. The third-order valence-corrected chi connectivity index (χ3v) is 4.13. The van der Waals surface area contributed by atoms with Gasteiger partial charge in [-0.05, 0) is 31.3 Å². The van der Waals surface area contributed by atoms with E-state index in [0.717, 1.165) is 24.7 Å². The van der Waals surface area contributed by atoms with Gasteiger partial charge in [0.2, 0.25) is 0 Å². The molecule has 1 saturated heterocycles. The second-order valence-corrected chi connectivity index (χ2v) is 5.40. The van der Waals surface area contributed by atoms with Crippen molar-refractivity contribution >= 4 is 23.4 Å². The van der Waals surface area contributed by atoms with Gasteiger partial charge in [0.1, 0.15) is 0 Å². The third kappa shape index (κ3) is 3.11. The zero-order valence-corrected chi connectivity index (χ0v) is 10.3. The Morgan fingerprint density at radius 3 is 2.80 bits per heavy atom. The maximum atomic E-state index is 5.85. The lowest BCUT2D eigenvalue weighted by molar-refractivity contribution is 0.266. The second kappa shape index (κ2) is 5.21. The molecule has 15 heavy (non-hydrogen) atoms. The summed E-state index contributed by atoms with van der Waals surface area (Å²) in [4.78, 5) is 3.66. The predicted octanol–water partition coefficient (Wildman–Crippen LogP) is 2.29. The van der Waals surface area contributed by atoms with Gasteiger partial charge in [0.05, 0.1) is 5.37 Å². The van der Waals surface area contributed by atoms with Crippen LogP contribution in [0.15, 0.2) is 29.2 Å². The molecule has 0 saturated carbocycles. The van der Waals surface area contributed by atoms with Crippen LogP contribution in [0.1, 0.15) is 0 Å². The highest BCUT2D eigenvalue weighted by Gasteiger charge is 2.19. The van der Waals surface area contributed by atoms with Gasteiger partial charge < -0.3 is 5.32 Å². The molecule has 1 fully saturated rings. The van der Waals surface area contributed by atoms with Crippen LogP contribution >= 0.6 is 23.4 Å². The Labute approximate surface area is 100.0 Å². The van der Waals surface area contributed by atoms with E-state index >= 15 is 0 Å². The molecule has 2 nitrogen and oxygen atoms in total. The summed E-state index contributed by atoms with van der Waals surface area (Å²) < 4.78 is 0. The Hall–Kier alpha value is -0.220. The van der Waals surface area contributed by atoms with E-state index in [1.807, 2.05) is 23.9 Å². The molecule has 1 atom stereocenters. The molecule has 0 amide bonds. The van der Waals surface area contributed by atoms with Crippen molar-refractivity contribution < 1.29 is 0 Å². The number of hydrogen-bond acceptors (Lipinski definition) is 3. The minimum atomic E-state index is 0.528. The topological polar surface area (TPSA) is 15.3 Å². The lowest BCUT2D eigenvalue weighted by Crippen LogP contribution is -2.47. The van der Waals surface area contributed by atoms with Crippen LogP contribution in [-0.2, 0) is 0 Å². The summed E-state index contributed by atoms with van der Waals surface area (Å²) in [6, 6.07) is 8.05. The average molecular weight is 243 g/mol. The third-order valence-electron chi connectivity index (χ3n) is 2.54. The summed E-state index contributed by atoms with van der Waals surface area (Å²) in [5, 5.41) is 4.74. The number of thioether (sulfide) groups is 1. The number of halogens is 1. The lowest BCUT2D eigenvalue weighted by Gasteiger charge is -2.32. The van der Waals surface area contributed by atoms with E-state index in [-0.39, 0.29) is 0 Å². The molecule has 0 aromatic heterocycles. The van der Waals surface area contributed by atoms with Crippen LogP contribution in [-0.4, -0.2) is 37.0 Å². The molecule has 1 heterocycles. The van der Waals surface area contributed by atoms with Gasteiger partial charge in [-0.3, -0.25) is 4.90 Å². The first kappa shape index (κ1) is 11.3. The smallest absolute Gasteiger partial charge is 0.0728 e. The molecule has 1 aliphatic heterocycles. The standard InChI is InChI=1S/C11H15ClN2S/c1-14-7-6-13-8-11(14)15-10-4-2-9(12)3-5-10/h2-5,11,13H,6-8H2,1H3. The number of hydrogen-bond donors (Lipinski definition) is 1. The quantitative estimate of drug-likeness (QED) is 0.857. The maximum absolute atomic E-state index is 5.85. The fourth-order valence-corrected chi connectivity index (χ4v) is 2.80. The monoisotopic (exact) mass is 242 g/mol. The van der Waals surface area contributed by atoms with Crippen LogP contribution in [0.5, 0.6) is 0 Å². The molecule has 1 unspecified atom stereocenters. The van der Waals surface area contributed by atoms with Gasteiger partial charge in [0.15, 0.2) is 0 Å². The fraction of sp³-hybridized carbons (Fsp3) is 0.455. The Balaban J connectivity index is 1.98. The van der Waals surface area contributed by atoms with Crippen LogP contribution in [0.4, 0.5) is 0 Å². The van der Waals surface area contributed by atoms with Crippen molar-refractivity contribution in [1.29, 1.82) is 0 Å². The molecule has 0 bridgehead atoms. The minimum absolute atomic E-state index is 0.528. The van der Waals surface area contributed by atoms with Crippen molar-refractivity contribution in [3.63, 3.8) is 0 Å². The lowest BCUT2D eigenvalue weighted by atomic mass is 10.4. The number of piperazine rings is 1. The molecule has 1 aliphatic rings. The Morgan fingerprint density at radius 2 is 2.13 bits per heavy atom. The molecule has 4 heteroatoms. The van der Waals surface area contributed by atoms with Crippen LogP contribution in [0.2, 0.25) is 5.02 Å². The highest BCUT2D eigenvalue weighted by molar-refractivity contribution is 7.99. The second-order valence-electron chi connectivity index (χ2n) is 3.71. The van der Waals surface area contributed by atoms with E-state index in [9.17, 15) is 0 Å².